The zero-order valence-corrected chi connectivity index (χ0v) is 15.0. The molecule has 0 aromatic carbocycles. The zero-order valence-electron chi connectivity index (χ0n) is 13.4. The maximum atomic E-state index is 4.90. The van der Waals surface area contributed by atoms with Crippen LogP contribution in [0.2, 0.25) is 0 Å². The van der Waals surface area contributed by atoms with Gasteiger partial charge in [-0.3, -0.25) is 0 Å². The quantitative estimate of drug-likeness (QED) is 0.861. The maximum Gasteiger partial charge on any atom is 0.103 e. The van der Waals surface area contributed by atoms with E-state index >= 15 is 0 Å². The summed E-state index contributed by atoms with van der Waals surface area (Å²) in [5.41, 5.74) is 1.40. The number of thioether (sulfide) groups is 1. The molecule has 2 nitrogen and oxygen atoms in total. The molecule has 1 aromatic rings. The fourth-order valence-electron chi connectivity index (χ4n) is 1.68. The molecule has 0 fully saturated rings. The number of hydrogen-bond donors (Lipinski definition) is 1. The molecule has 0 aliphatic carbocycles. The highest BCUT2D eigenvalue weighted by Gasteiger charge is 2.23. The number of aromatic nitrogens is 1. The van der Waals surface area contributed by atoms with Crippen LogP contribution in [-0.2, 0) is 17.7 Å². The number of rotatable bonds is 5. The van der Waals surface area contributed by atoms with E-state index in [2.05, 4.69) is 53.8 Å². The Morgan fingerprint density at radius 1 is 1.16 bits per heavy atom. The SMILES string of the molecule is CCNCc1sc(CSC(C)(C)C)nc1C(C)(C)C. The molecule has 0 radical (unpaired) electrons. The van der Waals surface area contributed by atoms with Crippen LogP contribution in [0.5, 0.6) is 0 Å². The predicted molar refractivity (Wildman–Crippen MR) is 89.2 cm³/mol. The van der Waals surface area contributed by atoms with E-state index in [4.69, 9.17) is 4.98 Å². The first-order chi connectivity index (χ1) is 8.63. The van der Waals surface area contributed by atoms with Crippen molar-refractivity contribution in [3.63, 3.8) is 0 Å². The minimum absolute atomic E-state index is 0.131. The van der Waals surface area contributed by atoms with E-state index < -0.39 is 0 Å². The van der Waals surface area contributed by atoms with Gasteiger partial charge < -0.3 is 5.32 Å². The van der Waals surface area contributed by atoms with Gasteiger partial charge in [0.05, 0.1) is 5.69 Å². The van der Waals surface area contributed by atoms with Crippen molar-refractivity contribution in [2.75, 3.05) is 6.54 Å². The molecule has 0 aliphatic heterocycles. The summed E-state index contributed by atoms with van der Waals surface area (Å²) < 4.78 is 0.301. The monoisotopic (exact) mass is 300 g/mol. The zero-order chi connectivity index (χ0) is 14.7. The van der Waals surface area contributed by atoms with E-state index in [-0.39, 0.29) is 5.41 Å². The average molecular weight is 301 g/mol. The van der Waals surface area contributed by atoms with E-state index in [1.807, 2.05) is 23.1 Å². The number of nitrogens with one attached hydrogen (secondary N) is 1. The third kappa shape index (κ3) is 5.84. The van der Waals surface area contributed by atoms with E-state index in [9.17, 15) is 0 Å². The Morgan fingerprint density at radius 2 is 1.79 bits per heavy atom. The van der Waals surface area contributed by atoms with Crippen LogP contribution in [0.3, 0.4) is 0 Å². The summed E-state index contributed by atoms with van der Waals surface area (Å²) in [7, 11) is 0. The van der Waals surface area contributed by atoms with Crippen molar-refractivity contribution in [2.45, 2.75) is 70.9 Å². The summed E-state index contributed by atoms with van der Waals surface area (Å²) in [5, 5.41) is 4.69. The van der Waals surface area contributed by atoms with Crippen LogP contribution in [-0.4, -0.2) is 16.3 Å². The third-order valence-corrected chi connectivity index (χ3v) is 5.14. The van der Waals surface area contributed by atoms with Gasteiger partial charge in [0.15, 0.2) is 0 Å². The molecule has 0 atom stereocenters. The predicted octanol–water partition coefficient (Wildman–Crippen LogP) is 4.58. The van der Waals surface area contributed by atoms with Crippen LogP contribution in [0.1, 0.15) is 64.0 Å². The Labute approximate surface area is 126 Å². The van der Waals surface area contributed by atoms with Gasteiger partial charge in [-0.1, -0.05) is 48.5 Å². The number of nitrogens with zero attached hydrogens (tertiary/aromatic N) is 1. The van der Waals surface area contributed by atoms with Gasteiger partial charge in [0, 0.05) is 27.3 Å². The van der Waals surface area contributed by atoms with Crippen LogP contribution in [0.4, 0.5) is 0 Å². The molecule has 1 aromatic heterocycles. The molecule has 0 spiro atoms. The summed E-state index contributed by atoms with van der Waals surface area (Å²) in [6, 6.07) is 0. The Hall–Kier alpha value is -0.0600. The summed E-state index contributed by atoms with van der Waals surface area (Å²) in [6.45, 7) is 17.6. The lowest BCUT2D eigenvalue weighted by Crippen LogP contribution is -2.18. The van der Waals surface area contributed by atoms with Crippen molar-refractivity contribution in [3.8, 4) is 0 Å². The minimum atomic E-state index is 0.131. The molecule has 0 unspecified atom stereocenters. The first-order valence-corrected chi connectivity index (χ1v) is 8.77. The standard InChI is InChI=1S/C15H28N2S2/c1-8-16-9-11-13(14(2,3)4)17-12(19-11)10-18-15(5,6)7/h16H,8-10H2,1-7H3. The second-order valence-electron chi connectivity index (χ2n) is 6.81. The maximum absolute atomic E-state index is 4.90. The van der Waals surface area contributed by atoms with Gasteiger partial charge in [-0.2, -0.15) is 0 Å². The molecule has 0 amide bonds. The molecule has 110 valence electrons. The summed E-state index contributed by atoms with van der Waals surface area (Å²) in [4.78, 5) is 6.30. The van der Waals surface area contributed by atoms with E-state index in [0.717, 1.165) is 18.8 Å². The van der Waals surface area contributed by atoms with Crippen LogP contribution in [0.25, 0.3) is 0 Å². The normalized spacial score (nSPS) is 13.0. The second kappa shape index (κ2) is 6.59. The summed E-state index contributed by atoms with van der Waals surface area (Å²) in [6.07, 6.45) is 0. The number of thiazole rings is 1. The Kier molecular flexibility index (Phi) is 5.90. The van der Waals surface area contributed by atoms with Gasteiger partial charge in [0.25, 0.3) is 0 Å². The number of hydrogen-bond acceptors (Lipinski definition) is 4. The third-order valence-electron chi connectivity index (χ3n) is 2.62. The van der Waals surface area contributed by atoms with E-state index in [1.54, 1.807) is 0 Å². The molecule has 0 aliphatic rings. The minimum Gasteiger partial charge on any atom is -0.312 e. The first-order valence-electron chi connectivity index (χ1n) is 6.97. The van der Waals surface area contributed by atoms with Gasteiger partial charge in [-0.25, -0.2) is 4.98 Å². The average Bonchev–Trinajstić information content (AvgIpc) is 2.65. The lowest BCUT2D eigenvalue weighted by atomic mass is 9.91. The fourth-order valence-corrected chi connectivity index (χ4v) is 3.76. The van der Waals surface area contributed by atoms with Crippen molar-refractivity contribution < 1.29 is 0 Å². The fraction of sp³-hybridized carbons (Fsp3) is 0.800. The van der Waals surface area contributed by atoms with Gasteiger partial charge in [0.1, 0.15) is 5.01 Å². The Balaban J connectivity index is 2.87. The molecular formula is C15H28N2S2. The molecule has 1 heterocycles. The van der Waals surface area contributed by atoms with Crippen molar-refractivity contribution in [1.29, 1.82) is 0 Å². The second-order valence-corrected chi connectivity index (χ2v) is 9.78. The Morgan fingerprint density at radius 3 is 2.26 bits per heavy atom. The van der Waals surface area contributed by atoms with Crippen molar-refractivity contribution in [1.82, 2.24) is 10.3 Å². The van der Waals surface area contributed by atoms with Crippen LogP contribution < -0.4 is 5.32 Å². The largest absolute Gasteiger partial charge is 0.312 e. The first kappa shape index (κ1) is 17.0. The smallest absolute Gasteiger partial charge is 0.103 e. The molecule has 0 saturated carbocycles. The van der Waals surface area contributed by atoms with Gasteiger partial charge in [0.2, 0.25) is 0 Å². The molecule has 4 heteroatoms. The highest BCUT2D eigenvalue weighted by Crippen LogP contribution is 2.33. The molecule has 19 heavy (non-hydrogen) atoms. The van der Waals surface area contributed by atoms with E-state index in [0.29, 0.717) is 4.75 Å². The lowest BCUT2D eigenvalue weighted by molar-refractivity contribution is 0.560. The highest BCUT2D eigenvalue weighted by atomic mass is 32.2. The van der Waals surface area contributed by atoms with Crippen LogP contribution in [0, 0.1) is 0 Å². The van der Waals surface area contributed by atoms with Gasteiger partial charge in [-0.05, 0) is 6.54 Å². The van der Waals surface area contributed by atoms with Crippen LogP contribution >= 0.6 is 23.1 Å². The lowest BCUT2D eigenvalue weighted by Gasteiger charge is -2.18. The molecule has 0 saturated heterocycles. The summed E-state index contributed by atoms with van der Waals surface area (Å²) in [5.74, 6) is 1.02. The molecule has 1 N–H and O–H groups in total. The van der Waals surface area contributed by atoms with E-state index in [1.165, 1.54) is 15.6 Å². The van der Waals surface area contributed by atoms with Crippen molar-refractivity contribution >= 4 is 23.1 Å². The molecule has 1 rings (SSSR count). The Bertz CT molecular complexity index is 397. The molecular weight excluding hydrogens is 272 g/mol. The van der Waals surface area contributed by atoms with Crippen molar-refractivity contribution in [3.05, 3.63) is 15.6 Å². The van der Waals surface area contributed by atoms with Crippen molar-refractivity contribution in [2.24, 2.45) is 0 Å². The van der Waals surface area contributed by atoms with Gasteiger partial charge >= 0.3 is 0 Å². The van der Waals surface area contributed by atoms with Gasteiger partial charge in [-0.15, -0.1) is 23.1 Å². The van der Waals surface area contributed by atoms with Crippen LogP contribution in [0.15, 0.2) is 0 Å². The molecule has 0 bridgehead atoms. The highest BCUT2D eigenvalue weighted by molar-refractivity contribution is 7.99. The summed E-state index contributed by atoms with van der Waals surface area (Å²) >= 11 is 3.84. The topological polar surface area (TPSA) is 24.9 Å².